The number of nitro benzene ring substituents is 1. The molecule has 2 saturated heterocycles. The van der Waals surface area contributed by atoms with Crippen LogP contribution in [0.1, 0.15) is 22.7 Å². The second-order valence-corrected chi connectivity index (χ2v) is 8.36. The second kappa shape index (κ2) is 7.83. The molecule has 2 aliphatic rings. The standard InChI is InChI=1S/C25H21N3O5/c1-15-9-11-17(12-10-15)22-21-23(33-27(22)19-7-4-8-20(14-19)28(31)32)25(30)26(24(21)29)18-6-3-5-16(2)13-18/h3-14,21-23H,1-2H3/t21-,22+,23+/m1/s1. The minimum Gasteiger partial charge on any atom is -0.273 e. The normalized spacial score (nSPS) is 22.1. The third kappa shape index (κ3) is 3.44. The van der Waals surface area contributed by atoms with Crippen molar-refractivity contribution in [2.45, 2.75) is 26.0 Å². The van der Waals surface area contributed by atoms with Gasteiger partial charge in [0.05, 0.1) is 22.3 Å². The number of hydrogen-bond acceptors (Lipinski definition) is 6. The molecule has 0 unspecified atom stereocenters. The zero-order valence-corrected chi connectivity index (χ0v) is 18.0. The number of amides is 2. The fourth-order valence-corrected chi connectivity index (χ4v) is 4.51. The molecule has 3 aromatic carbocycles. The predicted octanol–water partition coefficient (Wildman–Crippen LogP) is 4.26. The van der Waals surface area contributed by atoms with Crippen LogP contribution >= 0.6 is 0 Å². The number of nitrogens with zero attached hydrogens (tertiary/aromatic N) is 3. The van der Waals surface area contributed by atoms with Crippen molar-refractivity contribution in [1.82, 2.24) is 0 Å². The number of fused-ring (bicyclic) bond motifs is 1. The van der Waals surface area contributed by atoms with Gasteiger partial charge in [-0.1, -0.05) is 48.0 Å². The SMILES string of the molecule is Cc1ccc([C@H]2[C@H]3C(=O)N(c4cccc(C)c4)C(=O)[C@H]3ON2c2cccc([N+](=O)[O-])c2)cc1. The van der Waals surface area contributed by atoms with Crippen molar-refractivity contribution in [3.05, 3.63) is 99.6 Å². The van der Waals surface area contributed by atoms with Gasteiger partial charge in [0.15, 0.2) is 6.10 Å². The van der Waals surface area contributed by atoms with E-state index in [4.69, 9.17) is 4.84 Å². The van der Waals surface area contributed by atoms with Gasteiger partial charge in [-0.2, -0.15) is 0 Å². The first-order valence-electron chi connectivity index (χ1n) is 10.6. The first-order valence-corrected chi connectivity index (χ1v) is 10.6. The van der Waals surface area contributed by atoms with Crippen LogP contribution in [0, 0.1) is 29.9 Å². The van der Waals surface area contributed by atoms with Gasteiger partial charge < -0.3 is 0 Å². The minimum absolute atomic E-state index is 0.102. The van der Waals surface area contributed by atoms with Crippen LogP contribution in [-0.2, 0) is 14.4 Å². The molecule has 2 amide bonds. The Morgan fingerprint density at radius 2 is 1.55 bits per heavy atom. The molecule has 3 atom stereocenters. The van der Waals surface area contributed by atoms with Crippen molar-refractivity contribution >= 4 is 28.9 Å². The third-order valence-corrected chi connectivity index (χ3v) is 6.09. The molecule has 0 saturated carbocycles. The maximum absolute atomic E-state index is 13.6. The lowest BCUT2D eigenvalue weighted by Crippen LogP contribution is -2.37. The van der Waals surface area contributed by atoms with Gasteiger partial charge in [-0.15, -0.1) is 0 Å². The highest BCUT2D eigenvalue weighted by molar-refractivity contribution is 6.24. The van der Waals surface area contributed by atoms with Crippen molar-refractivity contribution in [2.24, 2.45) is 5.92 Å². The summed E-state index contributed by atoms with van der Waals surface area (Å²) in [6, 6.07) is 20.2. The fraction of sp³-hybridized carbons (Fsp3) is 0.200. The fourth-order valence-electron chi connectivity index (χ4n) is 4.51. The van der Waals surface area contributed by atoms with E-state index in [1.165, 1.54) is 22.1 Å². The van der Waals surface area contributed by atoms with Gasteiger partial charge in [-0.05, 0) is 43.2 Å². The van der Waals surface area contributed by atoms with E-state index < -0.39 is 28.9 Å². The Bertz CT molecular complexity index is 1270. The number of hydroxylamine groups is 1. The Labute approximate surface area is 190 Å². The Kier molecular flexibility index (Phi) is 4.94. The lowest BCUT2D eigenvalue weighted by molar-refractivity contribution is -0.384. The Morgan fingerprint density at radius 1 is 0.848 bits per heavy atom. The van der Waals surface area contributed by atoms with Gasteiger partial charge >= 0.3 is 0 Å². The van der Waals surface area contributed by atoms with Crippen LogP contribution in [0.25, 0.3) is 0 Å². The number of benzene rings is 3. The number of aryl methyl sites for hydroxylation is 2. The number of non-ortho nitro benzene ring substituents is 1. The lowest BCUT2D eigenvalue weighted by Gasteiger charge is -2.28. The Morgan fingerprint density at radius 3 is 2.24 bits per heavy atom. The number of imide groups is 1. The van der Waals surface area contributed by atoms with E-state index in [2.05, 4.69) is 0 Å². The summed E-state index contributed by atoms with van der Waals surface area (Å²) in [7, 11) is 0. The average Bonchev–Trinajstić information content (AvgIpc) is 3.30. The van der Waals surface area contributed by atoms with Gasteiger partial charge in [0.25, 0.3) is 11.6 Å². The van der Waals surface area contributed by atoms with Crippen LogP contribution in [0.4, 0.5) is 17.1 Å². The topological polar surface area (TPSA) is 93.0 Å². The van der Waals surface area contributed by atoms with Gasteiger partial charge in [0, 0.05) is 12.1 Å². The Balaban J connectivity index is 1.60. The van der Waals surface area contributed by atoms with Crippen LogP contribution in [0.2, 0.25) is 0 Å². The lowest BCUT2D eigenvalue weighted by atomic mass is 9.90. The molecule has 0 spiro atoms. The molecule has 2 fully saturated rings. The summed E-state index contributed by atoms with van der Waals surface area (Å²) in [5.41, 5.74) is 3.58. The van der Waals surface area contributed by atoms with Crippen LogP contribution in [0.5, 0.6) is 0 Å². The van der Waals surface area contributed by atoms with E-state index in [9.17, 15) is 19.7 Å². The van der Waals surface area contributed by atoms with Gasteiger partial charge in [0.1, 0.15) is 5.92 Å². The van der Waals surface area contributed by atoms with Crippen molar-refractivity contribution in [3.63, 3.8) is 0 Å². The molecule has 0 bridgehead atoms. The van der Waals surface area contributed by atoms with Crippen LogP contribution in [-0.4, -0.2) is 22.8 Å². The number of anilines is 2. The van der Waals surface area contributed by atoms with Gasteiger partial charge in [0.2, 0.25) is 5.91 Å². The molecule has 0 radical (unpaired) electrons. The van der Waals surface area contributed by atoms with Crippen LogP contribution < -0.4 is 9.96 Å². The quantitative estimate of drug-likeness (QED) is 0.340. The number of rotatable bonds is 4. The third-order valence-electron chi connectivity index (χ3n) is 6.09. The highest BCUT2D eigenvalue weighted by Gasteiger charge is 2.60. The molecule has 0 aromatic heterocycles. The number of carbonyl (C=O) groups is 2. The molecule has 3 aromatic rings. The summed E-state index contributed by atoms with van der Waals surface area (Å²) in [5.74, 6) is -1.59. The van der Waals surface area contributed by atoms with Gasteiger partial charge in [-0.3, -0.25) is 24.5 Å². The van der Waals surface area contributed by atoms with E-state index in [0.29, 0.717) is 11.4 Å². The number of nitro groups is 1. The highest BCUT2D eigenvalue weighted by atomic mass is 16.7. The molecule has 33 heavy (non-hydrogen) atoms. The summed E-state index contributed by atoms with van der Waals surface area (Å²) in [6.07, 6.45) is -1.02. The zero-order chi connectivity index (χ0) is 23.3. The van der Waals surface area contributed by atoms with Crippen molar-refractivity contribution in [1.29, 1.82) is 0 Å². The second-order valence-electron chi connectivity index (χ2n) is 8.36. The van der Waals surface area contributed by atoms with Crippen molar-refractivity contribution < 1.29 is 19.3 Å². The van der Waals surface area contributed by atoms with Crippen LogP contribution in [0.3, 0.4) is 0 Å². The van der Waals surface area contributed by atoms with E-state index in [-0.39, 0.29) is 11.6 Å². The molecule has 0 aliphatic carbocycles. The maximum Gasteiger partial charge on any atom is 0.271 e. The van der Waals surface area contributed by atoms with Gasteiger partial charge in [-0.25, -0.2) is 9.96 Å². The highest BCUT2D eigenvalue weighted by Crippen LogP contribution is 2.48. The van der Waals surface area contributed by atoms with E-state index >= 15 is 0 Å². The molecule has 2 heterocycles. The number of hydrogen-bond donors (Lipinski definition) is 0. The summed E-state index contributed by atoms with van der Waals surface area (Å²) in [4.78, 5) is 45.0. The zero-order valence-electron chi connectivity index (χ0n) is 18.0. The number of carbonyl (C=O) groups excluding carboxylic acids is 2. The minimum atomic E-state index is -1.02. The average molecular weight is 443 g/mol. The van der Waals surface area contributed by atoms with E-state index in [1.807, 2.05) is 44.2 Å². The van der Waals surface area contributed by atoms with E-state index in [1.54, 1.807) is 30.3 Å². The summed E-state index contributed by atoms with van der Waals surface area (Å²) >= 11 is 0. The molecule has 0 N–H and O–H groups in total. The summed E-state index contributed by atoms with van der Waals surface area (Å²) in [5, 5.41) is 12.8. The molecule has 2 aliphatic heterocycles. The smallest absolute Gasteiger partial charge is 0.271 e. The molecular formula is C25H21N3O5. The summed E-state index contributed by atoms with van der Waals surface area (Å²) < 4.78 is 0. The van der Waals surface area contributed by atoms with Crippen LogP contribution in [0.15, 0.2) is 72.8 Å². The predicted molar refractivity (Wildman–Crippen MR) is 122 cm³/mol. The first kappa shape index (κ1) is 20.8. The first-order chi connectivity index (χ1) is 15.8. The van der Waals surface area contributed by atoms with E-state index in [0.717, 1.165) is 16.7 Å². The van der Waals surface area contributed by atoms with Crippen molar-refractivity contribution in [3.8, 4) is 0 Å². The monoisotopic (exact) mass is 443 g/mol. The van der Waals surface area contributed by atoms with Crippen molar-refractivity contribution in [2.75, 3.05) is 9.96 Å². The summed E-state index contributed by atoms with van der Waals surface area (Å²) in [6.45, 7) is 3.85. The Hall–Kier alpha value is -4.04. The molecule has 8 heteroatoms. The molecule has 8 nitrogen and oxygen atoms in total. The largest absolute Gasteiger partial charge is 0.273 e. The molecular weight excluding hydrogens is 422 g/mol. The maximum atomic E-state index is 13.6. The molecule has 166 valence electrons. The molecule has 5 rings (SSSR count).